The molecule has 2 aromatic rings. The zero-order valence-corrected chi connectivity index (χ0v) is 19.2. The molecule has 0 aliphatic rings. The molecule has 2 aromatic carbocycles. The van der Waals surface area contributed by atoms with E-state index in [9.17, 15) is 9.59 Å². The topological polar surface area (TPSA) is 49.4 Å². The van der Waals surface area contributed by atoms with E-state index in [1.807, 2.05) is 19.9 Å². The van der Waals surface area contributed by atoms with Crippen LogP contribution in [0.2, 0.25) is 10.0 Å². The summed E-state index contributed by atoms with van der Waals surface area (Å²) < 4.78 is 0. The summed E-state index contributed by atoms with van der Waals surface area (Å²) in [6.07, 6.45) is 0.523. The summed E-state index contributed by atoms with van der Waals surface area (Å²) in [4.78, 5) is 27.0. The Morgan fingerprint density at radius 1 is 1.07 bits per heavy atom. The van der Waals surface area contributed by atoms with E-state index >= 15 is 0 Å². The Balaban J connectivity index is 2.11. The molecular weight excluding hydrogens is 427 g/mol. The second-order valence-electron chi connectivity index (χ2n) is 6.79. The van der Waals surface area contributed by atoms with E-state index in [1.54, 1.807) is 35.8 Å². The first-order valence-electron chi connectivity index (χ1n) is 9.44. The summed E-state index contributed by atoms with van der Waals surface area (Å²) in [6, 6.07) is 13.0. The Bertz CT molecular complexity index is 843. The van der Waals surface area contributed by atoms with E-state index in [0.717, 1.165) is 11.3 Å². The van der Waals surface area contributed by atoms with Crippen LogP contribution >= 0.6 is 35.0 Å². The summed E-state index contributed by atoms with van der Waals surface area (Å²) in [7, 11) is 1.58. The number of benzene rings is 2. The van der Waals surface area contributed by atoms with Crippen LogP contribution in [0.25, 0.3) is 0 Å². The highest BCUT2D eigenvalue weighted by Gasteiger charge is 2.27. The molecule has 2 amide bonds. The molecule has 0 saturated carbocycles. The van der Waals surface area contributed by atoms with Crippen LogP contribution in [-0.4, -0.2) is 35.6 Å². The van der Waals surface area contributed by atoms with Gasteiger partial charge in [0.15, 0.2) is 0 Å². The van der Waals surface area contributed by atoms with Gasteiger partial charge in [0.25, 0.3) is 0 Å². The number of likely N-dealkylation sites (N-methyl/N-ethyl adjacent to an activating group) is 1. The molecule has 0 fully saturated rings. The first kappa shape index (κ1) is 23.6. The van der Waals surface area contributed by atoms with Crippen LogP contribution < -0.4 is 5.32 Å². The summed E-state index contributed by atoms with van der Waals surface area (Å²) in [5.74, 6) is 0.777. The first-order valence-corrected chi connectivity index (χ1v) is 11.3. The molecule has 0 heterocycles. The average molecular weight is 453 g/mol. The van der Waals surface area contributed by atoms with Gasteiger partial charge in [-0.15, -0.1) is 11.8 Å². The summed E-state index contributed by atoms with van der Waals surface area (Å²) >= 11 is 13.7. The van der Waals surface area contributed by atoms with Gasteiger partial charge in [-0.2, -0.15) is 0 Å². The minimum atomic E-state index is -0.540. The Kier molecular flexibility index (Phi) is 9.34. The van der Waals surface area contributed by atoms with Crippen molar-refractivity contribution in [1.29, 1.82) is 0 Å². The first-order chi connectivity index (χ1) is 13.8. The number of amides is 2. The van der Waals surface area contributed by atoms with Crippen LogP contribution in [0.3, 0.4) is 0 Å². The lowest BCUT2D eigenvalue weighted by Gasteiger charge is -2.30. The zero-order chi connectivity index (χ0) is 21.4. The van der Waals surface area contributed by atoms with Gasteiger partial charge in [-0.1, -0.05) is 66.0 Å². The summed E-state index contributed by atoms with van der Waals surface area (Å²) in [5.41, 5.74) is 3.21. The Morgan fingerprint density at radius 2 is 1.72 bits per heavy atom. The Morgan fingerprint density at radius 3 is 2.31 bits per heavy atom. The number of carbonyl (C=O) groups excluding carboxylic acids is 2. The third kappa shape index (κ3) is 6.95. The lowest BCUT2D eigenvalue weighted by atomic mass is 10.1. The Hall–Kier alpha value is -1.69. The highest BCUT2D eigenvalue weighted by molar-refractivity contribution is 7.99. The monoisotopic (exact) mass is 452 g/mol. The predicted octanol–water partition coefficient (Wildman–Crippen LogP) is 5.09. The van der Waals surface area contributed by atoms with E-state index in [4.69, 9.17) is 23.2 Å². The molecule has 7 heteroatoms. The number of carbonyl (C=O) groups is 2. The van der Waals surface area contributed by atoms with Gasteiger partial charge in [0, 0.05) is 19.3 Å². The van der Waals surface area contributed by atoms with Crippen molar-refractivity contribution in [1.82, 2.24) is 10.2 Å². The molecule has 156 valence electrons. The number of thioether (sulfide) groups is 1. The van der Waals surface area contributed by atoms with Crippen molar-refractivity contribution < 1.29 is 9.59 Å². The number of nitrogens with one attached hydrogen (secondary N) is 1. The summed E-state index contributed by atoms with van der Waals surface area (Å²) in [5, 5.41) is 3.55. The van der Waals surface area contributed by atoms with Gasteiger partial charge in [-0.3, -0.25) is 9.59 Å². The van der Waals surface area contributed by atoms with Crippen molar-refractivity contribution in [3.05, 3.63) is 69.2 Å². The van der Waals surface area contributed by atoms with Crippen LogP contribution in [0.4, 0.5) is 0 Å². The third-order valence-corrected chi connectivity index (χ3v) is 6.31. The number of hydrogen-bond donors (Lipinski definition) is 1. The predicted molar refractivity (Wildman–Crippen MR) is 122 cm³/mol. The van der Waals surface area contributed by atoms with Crippen LogP contribution in [0.1, 0.15) is 30.0 Å². The average Bonchev–Trinajstić information content (AvgIpc) is 2.71. The van der Waals surface area contributed by atoms with Gasteiger partial charge < -0.3 is 10.2 Å². The molecule has 1 unspecified atom stereocenters. The van der Waals surface area contributed by atoms with E-state index < -0.39 is 6.04 Å². The van der Waals surface area contributed by atoms with Crippen LogP contribution in [0, 0.1) is 6.92 Å². The fourth-order valence-corrected chi connectivity index (χ4v) is 4.14. The van der Waals surface area contributed by atoms with Crippen LogP contribution in [0.15, 0.2) is 42.5 Å². The van der Waals surface area contributed by atoms with Crippen LogP contribution in [0.5, 0.6) is 0 Å². The standard InChI is InChI=1S/C22H26Cl2N2O2S/c1-4-20(22(28)25-3)26(12-17-9-10-18(23)19(24)11-17)21(27)14-29-13-16-7-5-15(2)6-8-16/h5-11,20H,4,12-14H2,1-3H3,(H,25,28). The molecule has 0 spiro atoms. The minimum absolute atomic E-state index is 0.0800. The van der Waals surface area contributed by atoms with Crippen molar-refractivity contribution in [2.24, 2.45) is 0 Å². The zero-order valence-electron chi connectivity index (χ0n) is 16.9. The molecule has 0 aliphatic heterocycles. The fraction of sp³-hybridized carbons (Fsp3) is 0.364. The largest absolute Gasteiger partial charge is 0.357 e. The molecule has 1 atom stereocenters. The molecule has 29 heavy (non-hydrogen) atoms. The molecule has 0 bridgehead atoms. The van der Waals surface area contributed by atoms with Gasteiger partial charge in [0.05, 0.1) is 15.8 Å². The third-order valence-electron chi connectivity index (χ3n) is 4.58. The SMILES string of the molecule is CCC(C(=O)NC)N(Cc1ccc(Cl)c(Cl)c1)C(=O)CSCc1ccc(C)cc1. The van der Waals surface area contributed by atoms with Gasteiger partial charge in [-0.25, -0.2) is 0 Å². The maximum absolute atomic E-state index is 13.0. The van der Waals surface area contributed by atoms with Gasteiger partial charge >= 0.3 is 0 Å². The van der Waals surface area contributed by atoms with E-state index in [0.29, 0.717) is 28.8 Å². The number of aryl methyl sites for hydroxylation is 1. The van der Waals surface area contributed by atoms with Crippen molar-refractivity contribution in [2.75, 3.05) is 12.8 Å². The molecule has 0 aliphatic carbocycles. The number of nitrogens with zero attached hydrogens (tertiary/aromatic N) is 1. The minimum Gasteiger partial charge on any atom is -0.357 e. The molecule has 0 aromatic heterocycles. The molecule has 0 radical (unpaired) electrons. The maximum Gasteiger partial charge on any atom is 0.242 e. The number of hydrogen-bond acceptors (Lipinski definition) is 3. The van der Waals surface area contributed by atoms with Crippen molar-refractivity contribution in [2.45, 2.75) is 38.6 Å². The lowest BCUT2D eigenvalue weighted by Crippen LogP contribution is -2.48. The van der Waals surface area contributed by atoms with E-state index in [2.05, 4.69) is 29.6 Å². The molecule has 2 rings (SSSR count). The van der Waals surface area contributed by atoms with Gasteiger partial charge in [0.1, 0.15) is 6.04 Å². The fourth-order valence-electron chi connectivity index (χ4n) is 2.94. The van der Waals surface area contributed by atoms with Crippen molar-refractivity contribution >= 4 is 46.8 Å². The van der Waals surface area contributed by atoms with E-state index in [1.165, 1.54) is 11.1 Å². The highest BCUT2D eigenvalue weighted by Crippen LogP contribution is 2.24. The molecular formula is C22H26Cl2N2O2S. The van der Waals surface area contributed by atoms with Crippen LogP contribution in [-0.2, 0) is 21.9 Å². The number of rotatable bonds is 9. The highest BCUT2D eigenvalue weighted by atomic mass is 35.5. The van der Waals surface area contributed by atoms with Gasteiger partial charge in [0.2, 0.25) is 11.8 Å². The number of halogens is 2. The molecule has 0 saturated heterocycles. The lowest BCUT2D eigenvalue weighted by molar-refractivity contribution is -0.139. The van der Waals surface area contributed by atoms with Gasteiger partial charge in [-0.05, 0) is 36.6 Å². The van der Waals surface area contributed by atoms with Crippen molar-refractivity contribution in [3.63, 3.8) is 0 Å². The second kappa shape index (κ2) is 11.5. The Labute approximate surface area is 187 Å². The molecule has 4 nitrogen and oxygen atoms in total. The second-order valence-corrected chi connectivity index (χ2v) is 8.59. The normalized spacial score (nSPS) is 11.8. The smallest absolute Gasteiger partial charge is 0.242 e. The summed E-state index contributed by atoms with van der Waals surface area (Å²) in [6.45, 7) is 4.24. The van der Waals surface area contributed by atoms with E-state index in [-0.39, 0.29) is 11.8 Å². The quantitative estimate of drug-likeness (QED) is 0.576. The molecule has 1 N–H and O–H groups in total. The van der Waals surface area contributed by atoms with Crippen molar-refractivity contribution in [3.8, 4) is 0 Å². The maximum atomic E-state index is 13.0.